The molecule has 0 N–H and O–H groups in total. The number of thiophene rings is 1. The first-order valence-electron chi connectivity index (χ1n) is 8.31. The molecule has 0 radical (unpaired) electrons. The Labute approximate surface area is 152 Å². The van der Waals surface area contributed by atoms with Crippen molar-refractivity contribution in [3.8, 4) is 17.2 Å². The summed E-state index contributed by atoms with van der Waals surface area (Å²) in [5, 5.41) is 2.11. The smallest absolute Gasteiger partial charge is 0.258 e. The molecule has 1 atom stereocenters. The van der Waals surface area contributed by atoms with Crippen LogP contribution in [0.4, 0.5) is 0 Å². The Balaban J connectivity index is 2.00. The zero-order valence-electron chi connectivity index (χ0n) is 15.0. The van der Waals surface area contributed by atoms with E-state index < -0.39 is 0 Å². The summed E-state index contributed by atoms with van der Waals surface area (Å²) in [6, 6.07) is 5.64. The molecule has 1 aliphatic heterocycles. The van der Waals surface area contributed by atoms with Gasteiger partial charge >= 0.3 is 0 Å². The molecule has 0 saturated heterocycles. The molecule has 134 valence electrons. The summed E-state index contributed by atoms with van der Waals surface area (Å²) in [5.74, 6) is 1.52. The summed E-state index contributed by atoms with van der Waals surface area (Å²) in [4.78, 5) is 16.6. The van der Waals surface area contributed by atoms with Gasteiger partial charge in [-0.3, -0.25) is 4.79 Å². The monoisotopic (exact) mass is 361 g/mol. The Morgan fingerprint density at radius 3 is 2.48 bits per heavy atom. The van der Waals surface area contributed by atoms with E-state index in [4.69, 9.17) is 14.2 Å². The van der Waals surface area contributed by atoms with Crippen molar-refractivity contribution >= 4 is 17.2 Å². The molecular formula is C19H23NO4S. The second-order valence-electron chi connectivity index (χ2n) is 5.88. The average Bonchev–Trinajstić information content (AvgIpc) is 3.14. The Bertz CT molecular complexity index is 771. The highest BCUT2D eigenvalue weighted by atomic mass is 32.1. The lowest BCUT2D eigenvalue weighted by atomic mass is 9.96. The second-order valence-corrected chi connectivity index (χ2v) is 6.88. The van der Waals surface area contributed by atoms with Crippen molar-refractivity contribution in [2.75, 3.05) is 27.9 Å². The number of nitrogens with zero attached hydrogens (tertiary/aromatic N) is 1. The van der Waals surface area contributed by atoms with Gasteiger partial charge in [0, 0.05) is 23.6 Å². The number of ether oxygens (including phenoxy) is 3. The molecule has 0 saturated carbocycles. The van der Waals surface area contributed by atoms with E-state index in [1.807, 2.05) is 4.90 Å². The molecule has 2 heterocycles. The van der Waals surface area contributed by atoms with Crippen LogP contribution in [0.3, 0.4) is 0 Å². The predicted molar refractivity (Wildman–Crippen MR) is 98.2 cm³/mol. The molecule has 0 fully saturated rings. The Kier molecular flexibility index (Phi) is 5.18. The van der Waals surface area contributed by atoms with Gasteiger partial charge in [0.15, 0.2) is 11.5 Å². The number of amides is 1. The van der Waals surface area contributed by atoms with Crippen molar-refractivity contribution in [3.05, 3.63) is 39.6 Å². The molecular weight excluding hydrogens is 338 g/mol. The minimum absolute atomic E-state index is 0.0403. The van der Waals surface area contributed by atoms with Crippen LogP contribution in [0.1, 0.15) is 40.2 Å². The minimum atomic E-state index is -0.0403. The van der Waals surface area contributed by atoms with Crippen LogP contribution in [0.25, 0.3) is 0 Å². The van der Waals surface area contributed by atoms with Crippen LogP contribution in [0.15, 0.2) is 23.6 Å². The molecule has 5 nitrogen and oxygen atoms in total. The summed E-state index contributed by atoms with van der Waals surface area (Å²) in [6.45, 7) is 2.83. The van der Waals surface area contributed by atoms with E-state index in [-0.39, 0.29) is 11.9 Å². The molecule has 6 heteroatoms. The lowest BCUT2D eigenvalue weighted by Gasteiger charge is -2.35. The van der Waals surface area contributed by atoms with Crippen LogP contribution in [-0.2, 0) is 6.42 Å². The predicted octanol–water partition coefficient (Wildman–Crippen LogP) is 3.92. The molecule has 1 aromatic carbocycles. The molecule has 2 aromatic rings. The maximum absolute atomic E-state index is 13.3. The third-order valence-corrected chi connectivity index (χ3v) is 5.68. The maximum atomic E-state index is 13.3. The van der Waals surface area contributed by atoms with E-state index in [2.05, 4.69) is 18.4 Å². The zero-order valence-corrected chi connectivity index (χ0v) is 15.8. The number of benzene rings is 1. The standard InChI is InChI=1S/C19H23NO4S/c1-5-14-12-7-9-25-18(12)6-8-20(14)19(21)13-10-16(23-3)17(24-4)11-15(13)22-2/h7,9-11,14H,5-6,8H2,1-4H3. The third kappa shape index (κ3) is 3.06. The quantitative estimate of drug-likeness (QED) is 0.810. The topological polar surface area (TPSA) is 48.0 Å². The normalized spacial score (nSPS) is 16.3. The van der Waals surface area contributed by atoms with Gasteiger partial charge in [0.1, 0.15) is 5.75 Å². The summed E-state index contributed by atoms with van der Waals surface area (Å²) in [7, 11) is 4.68. The van der Waals surface area contributed by atoms with Gasteiger partial charge in [-0.2, -0.15) is 0 Å². The molecule has 1 unspecified atom stereocenters. The molecule has 0 bridgehead atoms. The number of rotatable bonds is 5. The van der Waals surface area contributed by atoms with E-state index in [0.717, 1.165) is 12.8 Å². The van der Waals surface area contributed by atoms with Crippen molar-refractivity contribution in [2.45, 2.75) is 25.8 Å². The summed E-state index contributed by atoms with van der Waals surface area (Å²) in [5.41, 5.74) is 1.77. The van der Waals surface area contributed by atoms with Gasteiger partial charge < -0.3 is 19.1 Å². The van der Waals surface area contributed by atoms with E-state index >= 15 is 0 Å². The highest BCUT2D eigenvalue weighted by molar-refractivity contribution is 7.10. The van der Waals surface area contributed by atoms with Gasteiger partial charge in [-0.1, -0.05) is 6.92 Å². The fourth-order valence-electron chi connectivity index (χ4n) is 3.43. The van der Waals surface area contributed by atoms with Crippen LogP contribution in [0.2, 0.25) is 0 Å². The van der Waals surface area contributed by atoms with Crippen molar-refractivity contribution in [1.82, 2.24) is 4.90 Å². The lowest BCUT2D eigenvalue weighted by Crippen LogP contribution is -2.39. The molecule has 25 heavy (non-hydrogen) atoms. The number of hydrogen-bond donors (Lipinski definition) is 0. The third-order valence-electron chi connectivity index (χ3n) is 4.68. The summed E-state index contributed by atoms with van der Waals surface area (Å²) >= 11 is 1.77. The Hall–Kier alpha value is -2.21. The molecule has 0 spiro atoms. The van der Waals surface area contributed by atoms with Crippen molar-refractivity contribution in [2.24, 2.45) is 0 Å². The fourth-order valence-corrected chi connectivity index (χ4v) is 4.36. The number of fused-ring (bicyclic) bond motifs is 1. The lowest BCUT2D eigenvalue weighted by molar-refractivity contribution is 0.0653. The largest absolute Gasteiger partial charge is 0.496 e. The van der Waals surface area contributed by atoms with Crippen molar-refractivity contribution in [3.63, 3.8) is 0 Å². The van der Waals surface area contributed by atoms with Crippen LogP contribution < -0.4 is 14.2 Å². The molecule has 1 aromatic heterocycles. The van der Waals surface area contributed by atoms with Crippen LogP contribution in [0.5, 0.6) is 17.2 Å². The minimum Gasteiger partial charge on any atom is -0.496 e. The number of methoxy groups -OCH3 is 3. The van der Waals surface area contributed by atoms with Gasteiger partial charge in [-0.15, -0.1) is 11.3 Å². The van der Waals surface area contributed by atoms with E-state index in [1.165, 1.54) is 10.4 Å². The first kappa shape index (κ1) is 17.6. The Morgan fingerprint density at radius 2 is 1.84 bits per heavy atom. The van der Waals surface area contributed by atoms with E-state index in [1.54, 1.807) is 44.8 Å². The first-order chi connectivity index (χ1) is 12.1. The van der Waals surface area contributed by atoms with Crippen LogP contribution >= 0.6 is 11.3 Å². The van der Waals surface area contributed by atoms with Gasteiger partial charge in [-0.25, -0.2) is 0 Å². The van der Waals surface area contributed by atoms with Crippen LogP contribution in [-0.4, -0.2) is 38.7 Å². The summed E-state index contributed by atoms with van der Waals surface area (Å²) in [6.07, 6.45) is 1.77. The molecule has 3 rings (SSSR count). The SMILES string of the molecule is CCC1c2ccsc2CCN1C(=O)c1cc(OC)c(OC)cc1OC. The molecule has 1 aliphatic rings. The Morgan fingerprint density at radius 1 is 1.16 bits per heavy atom. The number of hydrogen-bond acceptors (Lipinski definition) is 5. The number of carbonyl (C=O) groups is 1. The second kappa shape index (κ2) is 7.35. The fraction of sp³-hybridized carbons (Fsp3) is 0.421. The average molecular weight is 361 g/mol. The van der Waals surface area contributed by atoms with Crippen molar-refractivity contribution in [1.29, 1.82) is 0 Å². The first-order valence-corrected chi connectivity index (χ1v) is 9.19. The molecule has 1 amide bonds. The number of carbonyl (C=O) groups excluding carboxylic acids is 1. The van der Waals surface area contributed by atoms with Gasteiger partial charge in [0.25, 0.3) is 5.91 Å². The van der Waals surface area contributed by atoms with E-state index in [9.17, 15) is 4.79 Å². The highest BCUT2D eigenvalue weighted by Gasteiger charge is 2.32. The van der Waals surface area contributed by atoms with Gasteiger partial charge in [0.2, 0.25) is 0 Å². The summed E-state index contributed by atoms with van der Waals surface area (Å²) < 4.78 is 16.1. The van der Waals surface area contributed by atoms with Crippen molar-refractivity contribution < 1.29 is 19.0 Å². The zero-order chi connectivity index (χ0) is 18.0. The van der Waals surface area contributed by atoms with Gasteiger partial charge in [-0.05, 0) is 29.9 Å². The van der Waals surface area contributed by atoms with Crippen LogP contribution in [0, 0.1) is 0 Å². The van der Waals surface area contributed by atoms with Gasteiger partial charge in [0.05, 0.1) is 32.9 Å². The highest BCUT2D eigenvalue weighted by Crippen LogP contribution is 2.39. The maximum Gasteiger partial charge on any atom is 0.258 e. The molecule has 0 aliphatic carbocycles. The van der Waals surface area contributed by atoms with E-state index in [0.29, 0.717) is 29.4 Å².